The molecule has 0 radical (unpaired) electrons. The largest absolute Gasteiger partial charge is 0.257 e. The topological polar surface area (TPSA) is 17.8 Å². The van der Waals surface area contributed by atoms with Crippen molar-refractivity contribution in [2.24, 2.45) is 13.0 Å². The van der Waals surface area contributed by atoms with Gasteiger partial charge in [-0.15, -0.1) is 0 Å². The molecule has 2 nitrogen and oxygen atoms in total. The van der Waals surface area contributed by atoms with Crippen LogP contribution in [-0.4, -0.2) is 14.6 Å². The normalized spacial score (nSPS) is 15.6. The summed E-state index contributed by atoms with van der Waals surface area (Å²) in [4.78, 5) is 0.498. The number of aryl methyl sites for hydroxylation is 2. The third-order valence-electron chi connectivity index (χ3n) is 2.58. The Morgan fingerprint density at radius 2 is 2.07 bits per heavy atom. The van der Waals surface area contributed by atoms with E-state index < -0.39 is 0 Å². The highest BCUT2D eigenvalue weighted by atomic mass is 79.9. The summed E-state index contributed by atoms with van der Waals surface area (Å²) in [6.45, 7) is 6.37. The van der Waals surface area contributed by atoms with Crippen LogP contribution in [0.3, 0.4) is 0 Å². The highest BCUT2D eigenvalue weighted by Gasteiger charge is 2.16. The van der Waals surface area contributed by atoms with Crippen molar-refractivity contribution in [3.63, 3.8) is 0 Å². The minimum Gasteiger partial charge on any atom is -0.257 e. The summed E-state index contributed by atoms with van der Waals surface area (Å²) in [6, 6.07) is 0. The van der Waals surface area contributed by atoms with Crippen LogP contribution in [-0.2, 0) is 13.5 Å². The van der Waals surface area contributed by atoms with Gasteiger partial charge in [-0.05, 0) is 19.3 Å². The lowest BCUT2D eigenvalue weighted by Crippen LogP contribution is -2.10. The Bertz CT molecular complexity index is 320. The highest BCUT2D eigenvalue weighted by molar-refractivity contribution is 9.09. The predicted molar refractivity (Wildman–Crippen MR) is 64.2 cm³/mol. The molecule has 1 heterocycles. The summed E-state index contributed by atoms with van der Waals surface area (Å²) < 4.78 is 1.73. The molecular formula is C10H16BrClN2. The number of hydrogen-bond acceptors (Lipinski definition) is 1. The van der Waals surface area contributed by atoms with Crippen LogP contribution in [0.15, 0.2) is 0 Å². The highest BCUT2D eigenvalue weighted by Crippen LogP contribution is 2.25. The van der Waals surface area contributed by atoms with Crippen LogP contribution in [0, 0.1) is 12.8 Å². The lowest BCUT2D eigenvalue weighted by atomic mass is 9.99. The molecule has 0 aliphatic heterocycles. The van der Waals surface area contributed by atoms with E-state index in [0.29, 0.717) is 10.7 Å². The van der Waals surface area contributed by atoms with E-state index in [1.165, 1.54) is 5.56 Å². The number of aromatic nitrogens is 2. The van der Waals surface area contributed by atoms with Crippen LogP contribution in [0.25, 0.3) is 0 Å². The molecule has 0 aliphatic carbocycles. The van der Waals surface area contributed by atoms with Gasteiger partial charge in [-0.1, -0.05) is 41.4 Å². The van der Waals surface area contributed by atoms with E-state index in [1.807, 2.05) is 14.0 Å². The summed E-state index contributed by atoms with van der Waals surface area (Å²) in [5, 5.41) is 5.06. The van der Waals surface area contributed by atoms with Crippen molar-refractivity contribution in [2.45, 2.75) is 32.0 Å². The van der Waals surface area contributed by atoms with Gasteiger partial charge in [0.15, 0.2) is 0 Å². The van der Waals surface area contributed by atoms with Gasteiger partial charge in [0, 0.05) is 17.4 Å². The molecule has 0 bridgehead atoms. The number of nitrogens with zero attached hydrogens (tertiary/aromatic N) is 2. The van der Waals surface area contributed by atoms with Crippen LogP contribution in [0.2, 0.25) is 5.15 Å². The first-order valence-electron chi connectivity index (χ1n) is 4.75. The minimum atomic E-state index is 0.498. The Morgan fingerprint density at radius 1 is 1.50 bits per heavy atom. The Labute approximate surface area is 98.8 Å². The number of hydrogen-bond donors (Lipinski definition) is 0. The van der Waals surface area contributed by atoms with E-state index in [4.69, 9.17) is 11.6 Å². The molecule has 0 spiro atoms. The molecule has 4 heteroatoms. The van der Waals surface area contributed by atoms with Gasteiger partial charge in [-0.25, -0.2) is 0 Å². The van der Waals surface area contributed by atoms with Crippen LogP contribution < -0.4 is 0 Å². The minimum absolute atomic E-state index is 0.498. The van der Waals surface area contributed by atoms with Crippen LogP contribution in [0.5, 0.6) is 0 Å². The average Bonchev–Trinajstić information content (AvgIpc) is 2.32. The first-order valence-corrected chi connectivity index (χ1v) is 6.05. The second kappa shape index (κ2) is 4.67. The van der Waals surface area contributed by atoms with E-state index in [0.717, 1.165) is 17.3 Å². The molecule has 0 aliphatic rings. The predicted octanol–water partition coefficient (Wildman–Crippen LogP) is 3.34. The number of halogens is 2. The van der Waals surface area contributed by atoms with E-state index in [1.54, 1.807) is 4.68 Å². The smallest absolute Gasteiger partial charge is 0.130 e. The van der Waals surface area contributed by atoms with E-state index in [2.05, 4.69) is 34.9 Å². The van der Waals surface area contributed by atoms with Crippen molar-refractivity contribution in [3.05, 3.63) is 16.4 Å². The molecule has 0 amide bonds. The summed E-state index contributed by atoms with van der Waals surface area (Å²) in [7, 11) is 1.88. The van der Waals surface area contributed by atoms with Crippen LogP contribution in [0.1, 0.15) is 25.1 Å². The van der Waals surface area contributed by atoms with Crippen LogP contribution in [0.4, 0.5) is 0 Å². The fraction of sp³-hybridized carbons (Fsp3) is 0.700. The molecule has 14 heavy (non-hydrogen) atoms. The average molecular weight is 280 g/mol. The van der Waals surface area contributed by atoms with Crippen molar-refractivity contribution < 1.29 is 0 Å². The summed E-state index contributed by atoms with van der Waals surface area (Å²) in [6.07, 6.45) is 0.977. The maximum Gasteiger partial charge on any atom is 0.130 e. The maximum absolute atomic E-state index is 6.15. The van der Waals surface area contributed by atoms with Crippen molar-refractivity contribution in [1.29, 1.82) is 0 Å². The molecule has 0 N–H and O–H groups in total. The molecular weight excluding hydrogens is 263 g/mol. The quantitative estimate of drug-likeness (QED) is 0.776. The third kappa shape index (κ3) is 2.51. The van der Waals surface area contributed by atoms with Gasteiger partial charge in [-0.2, -0.15) is 5.10 Å². The Balaban J connectivity index is 2.86. The van der Waals surface area contributed by atoms with Gasteiger partial charge >= 0.3 is 0 Å². The molecule has 0 aromatic carbocycles. The van der Waals surface area contributed by atoms with Gasteiger partial charge in [0.1, 0.15) is 5.15 Å². The maximum atomic E-state index is 6.15. The third-order valence-corrected chi connectivity index (χ3v) is 3.96. The van der Waals surface area contributed by atoms with Crippen molar-refractivity contribution in [3.8, 4) is 0 Å². The fourth-order valence-corrected chi connectivity index (χ4v) is 1.83. The van der Waals surface area contributed by atoms with E-state index in [-0.39, 0.29) is 0 Å². The number of rotatable bonds is 3. The zero-order valence-corrected chi connectivity index (χ0v) is 11.4. The van der Waals surface area contributed by atoms with Crippen molar-refractivity contribution >= 4 is 27.5 Å². The molecule has 2 unspecified atom stereocenters. The van der Waals surface area contributed by atoms with Gasteiger partial charge in [0.25, 0.3) is 0 Å². The van der Waals surface area contributed by atoms with Gasteiger partial charge in [0.05, 0.1) is 5.69 Å². The van der Waals surface area contributed by atoms with Gasteiger partial charge in [0.2, 0.25) is 0 Å². The SMILES string of the molecule is Cc1nn(C)c(Cl)c1CC(C)C(C)Br. The molecule has 2 atom stereocenters. The molecule has 80 valence electrons. The Kier molecular flexibility index (Phi) is 4.02. The molecule has 0 saturated carbocycles. The first kappa shape index (κ1) is 12.1. The first-order chi connectivity index (χ1) is 6.43. The van der Waals surface area contributed by atoms with Gasteiger partial charge in [-0.3, -0.25) is 4.68 Å². The lowest BCUT2D eigenvalue weighted by Gasteiger charge is -2.13. The summed E-state index contributed by atoms with van der Waals surface area (Å²) in [5.41, 5.74) is 2.21. The molecule has 0 fully saturated rings. The standard InChI is InChI=1S/C10H16BrClN2/c1-6(7(2)11)5-9-8(3)13-14(4)10(9)12/h6-7H,5H2,1-4H3. The summed E-state index contributed by atoms with van der Waals surface area (Å²) >= 11 is 9.73. The lowest BCUT2D eigenvalue weighted by molar-refractivity contribution is 0.579. The van der Waals surface area contributed by atoms with Crippen molar-refractivity contribution in [1.82, 2.24) is 9.78 Å². The second-order valence-corrected chi connectivity index (χ2v) is 5.64. The van der Waals surface area contributed by atoms with E-state index >= 15 is 0 Å². The monoisotopic (exact) mass is 278 g/mol. The zero-order chi connectivity index (χ0) is 10.9. The molecule has 0 saturated heterocycles. The summed E-state index contributed by atoms with van der Waals surface area (Å²) in [5.74, 6) is 0.565. The second-order valence-electron chi connectivity index (χ2n) is 3.84. The Hall–Kier alpha value is -0.0200. The van der Waals surface area contributed by atoms with E-state index in [9.17, 15) is 0 Å². The Morgan fingerprint density at radius 3 is 2.43 bits per heavy atom. The van der Waals surface area contributed by atoms with Crippen molar-refractivity contribution in [2.75, 3.05) is 0 Å². The molecule has 1 aromatic heterocycles. The number of alkyl halides is 1. The fourth-order valence-electron chi connectivity index (χ4n) is 1.39. The van der Waals surface area contributed by atoms with Crippen LogP contribution >= 0.6 is 27.5 Å². The zero-order valence-electron chi connectivity index (χ0n) is 9.01. The molecule has 1 rings (SSSR count). The molecule has 1 aromatic rings. The van der Waals surface area contributed by atoms with Gasteiger partial charge < -0.3 is 0 Å².